The molecule has 2 fully saturated rings. The summed E-state index contributed by atoms with van der Waals surface area (Å²) in [4.78, 5) is 15.9. The summed E-state index contributed by atoms with van der Waals surface area (Å²) in [6, 6.07) is 10.4. The number of ether oxygens (including phenoxy) is 2. The number of carbonyl (C=O) groups excluding carboxylic acids is 1. The number of amides is 2. The lowest BCUT2D eigenvalue weighted by molar-refractivity contribution is -0.0235. The molecule has 186 valence electrons. The minimum Gasteiger partial charge on any atom is -0.381 e. The highest BCUT2D eigenvalue weighted by Gasteiger charge is 2.49. The second kappa shape index (κ2) is 9.47. The summed E-state index contributed by atoms with van der Waals surface area (Å²) in [7, 11) is 0. The molecule has 5 rings (SSSR count). The number of nitrogens with two attached hydrogens (primary N) is 1. The van der Waals surface area contributed by atoms with E-state index < -0.39 is 11.1 Å². The van der Waals surface area contributed by atoms with Gasteiger partial charge in [0.1, 0.15) is 6.29 Å². The minimum atomic E-state index is -0.575. The van der Waals surface area contributed by atoms with Crippen LogP contribution in [0.3, 0.4) is 0 Å². The summed E-state index contributed by atoms with van der Waals surface area (Å²) in [5.41, 5.74) is 2.35. The zero-order valence-electron chi connectivity index (χ0n) is 20.3. The van der Waals surface area contributed by atoms with E-state index in [4.69, 9.17) is 15.3 Å². The first-order valence-corrected chi connectivity index (χ1v) is 12.5. The van der Waals surface area contributed by atoms with Crippen LogP contribution in [0.5, 0.6) is 0 Å². The maximum atomic E-state index is 14.0. The Labute approximate surface area is 202 Å². The van der Waals surface area contributed by atoms with E-state index >= 15 is 0 Å². The van der Waals surface area contributed by atoms with Gasteiger partial charge in [-0.25, -0.2) is 10.6 Å². The Morgan fingerprint density at radius 3 is 2.50 bits per heavy atom. The molecule has 0 aliphatic carbocycles. The molecule has 0 aromatic heterocycles. The molecule has 1 atom stereocenters. The summed E-state index contributed by atoms with van der Waals surface area (Å²) in [6.07, 6.45) is 3.35. The van der Waals surface area contributed by atoms with E-state index in [2.05, 4.69) is 41.9 Å². The van der Waals surface area contributed by atoms with Crippen molar-refractivity contribution in [3.63, 3.8) is 0 Å². The Morgan fingerprint density at radius 1 is 1.12 bits per heavy atom. The van der Waals surface area contributed by atoms with Crippen LogP contribution in [0.1, 0.15) is 45.1 Å². The van der Waals surface area contributed by atoms with E-state index in [9.17, 15) is 4.79 Å². The Balaban J connectivity index is 1.32. The van der Waals surface area contributed by atoms with E-state index in [0.717, 1.165) is 43.9 Å². The first kappa shape index (κ1) is 23.6. The number of nitrogens with zero attached hydrogens (tertiary/aromatic N) is 2. The van der Waals surface area contributed by atoms with Crippen LogP contribution in [0.4, 0.5) is 4.79 Å². The van der Waals surface area contributed by atoms with Gasteiger partial charge in [0.15, 0.2) is 0 Å². The summed E-state index contributed by atoms with van der Waals surface area (Å²) >= 11 is 0. The fourth-order valence-corrected chi connectivity index (χ4v) is 5.82. The molecule has 4 heterocycles. The van der Waals surface area contributed by atoms with Crippen molar-refractivity contribution in [1.29, 1.82) is 0 Å². The number of rotatable bonds is 4. The third-order valence-corrected chi connectivity index (χ3v) is 8.05. The number of benzene rings is 1. The van der Waals surface area contributed by atoms with Crippen LogP contribution in [0.15, 0.2) is 41.6 Å². The number of hydrazine groups is 1. The predicted octanol–water partition coefficient (Wildman–Crippen LogP) is 1.58. The Hall–Kier alpha value is -2.17. The number of urea groups is 1. The molecular formula is C25H38N6O3. The largest absolute Gasteiger partial charge is 0.381 e. The van der Waals surface area contributed by atoms with Gasteiger partial charge in [-0.2, -0.15) is 0 Å². The average molecular weight is 471 g/mol. The zero-order valence-corrected chi connectivity index (χ0v) is 20.3. The molecule has 1 aromatic rings. The van der Waals surface area contributed by atoms with Crippen LogP contribution in [0, 0.1) is 0 Å². The van der Waals surface area contributed by atoms with Gasteiger partial charge >= 0.3 is 6.03 Å². The van der Waals surface area contributed by atoms with Crippen LogP contribution in [0.2, 0.25) is 0 Å². The molecule has 0 spiro atoms. The van der Waals surface area contributed by atoms with Crippen molar-refractivity contribution in [2.45, 2.75) is 62.9 Å². The maximum Gasteiger partial charge on any atom is 0.336 e. The smallest absolute Gasteiger partial charge is 0.336 e. The Bertz CT molecular complexity index is 908. The van der Waals surface area contributed by atoms with E-state index in [1.807, 2.05) is 23.1 Å². The molecule has 34 heavy (non-hydrogen) atoms. The summed E-state index contributed by atoms with van der Waals surface area (Å²) in [6.45, 7) is 8.22. The van der Waals surface area contributed by atoms with Crippen molar-refractivity contribution in [3.05, 3.63) is 47.2 Å². The third-order valence-electron chi connectivity index (χ3n) is 8.05. The topological polar surface area (TPSA) is 104 Å². The van der Waals surface area contributed by atoms with Gasteiger partial charge in [0, 0.05) is 44.7 Å². The van der Waals surface area contributed by atoms with Crippen molar-refractivity contribution < 1.29 is 14.3 Å². The van der Waals surface area contributed by atoms with Gasteiger partial charge in [0.2, 0.25) is 0 Å². The lowest BCUT2D eigenvalue weighted by Gasteiger charge is -2.47. The van der Waals surface area contributed by atoms with Gasteiger partial charge in [-0.05, 0) is 50.7 Å². The van der Waals surface area contributed by atoms with Gasteiger partial charge < -0.3 is 19.7 Å². The lowest BCUT2D eigenvalue weighted by Crippen LogP contribution is -2.62. The molecule has 9 heteroatoms. The Kier molecular flexibility index (Phi) is 6.56. The normalized spacial score (nSPS) is 26.7. The van der Waals surface area contributed by atoms with Crippen LogP contribution in [-0.2, 0) is 15.0 Å². The van der Waals surface area contributed by atoms with E-state index in [1.165, 1.54) is 10.6 Å². The van der Waals surface area contributed by atoms with Crippen molar-refractivity contribution >= 4 is 6.03 Å². The molecule has 9 nitrogen and oxygen atoms in total. The first-order chi connectivity index (χ1) is 16.4. The van der Waals surface area contributed by atoms with E-state index in [0.29, 0.717) is 38.6 Å². The predicted molar refractivity (Wildman–Crippen MR) is 129 cm³/mol. The Morgan fingerprint density at radius 2 is 1.79 bits per heavy atom. The van der Waals surface area contributed by atoms with Gasteiger partial charge in [-0.15, -0.1) is 0 Å². The molecule has 0 saturated carbocycles. The molecule has 1 aromatic carbocycles. The van der Waals surface area contributed by atoms with Gasteiger partial charge in [0.05, 0.1) is 17.6 Å². The lowest BCUT2D eigenvalue weighted by atomic mass is 9.82. The molecule has 5 N–H and O–H groups in total. The molecule has 0 bridgehead atoms. The maximum absolute atomic E-state index is 14.0. The highest BCUT2D eigenvalue weighted by atomic mass is 16.5. The summed E-state index contributed by atoms with van der Waals surface area (Å²) in [5, 5.41) is 12.3. The highest BCUT2D eigenvalue weighted by Crippen LogP contribution is 2.40. The summed E-state index contributed by atoms with van der Waals surface area (Å²) in [5.74, 6) is 6.71. The highest BCUT2D eigenvalue weighted by molar-refractivity contribution is 5.78. The fraction of sp³-hybridized carbons (Fsp3) is 0.640. The molecule has 4 aliphatic rings. The standard InChI is InChI=1S/C25H38N6O3/c1-24(2)20-16-27-22(28-19-8-12-33-13-9-19)29-21(20)17-30(24)23(32)31(26)25(10-14-34-15-11-25)18-6-4-3-5-7-18/h3-7,19,22,27-29H,8-17,26H2,1-2H3. The van der Waals surface area contributed by atoms with Crippen LogP contribution < -0.4 is 21.8 Å². The third kappa shape index (κ3) is 4.20. The first-order valence-electron chi connectivity index (χ1n) is 12.5. The number of hydrogen-bond acceptors (Lipinski definition) is 7. The molecule has 4 aliphatic heterocycles. The number of carbonyl (C=O) groups is 1. The summed E-state index contributed by atoms with van der Waals surface area (Å²) < 4.78 is 11.1. The van der Waals surface area contributed by atoms with Gasteiger partial charge in [-0.3, -0.25) is 15.6 Å². The second-order valence-electron chi connectivity index (χ2n) is 10.3. The van der Waals surface area contributed by atoms with Crippen LogP contribution >= 0.6 is 0 Å². The van der Waals surface area contributed by atoms with Crippen molar-refractivity contribution in [2.24, 2.45) is 5.84 Å². The molecule has 0 radical (unpaired) electrons. The molecule has 2 amide bonds. The van der Waals surface area contributed by atoms with E-state index in [-0.39, 0.29) is 12.3 Å². The van der Waals surface area contributed by atoms with Gasteiger partial charge in [0.25, 0.3) is 0 Å². The van der Waals surface area contributed by atoms with Gasteiger partial charge in [-0.1, -0.05) is 30.3 Å². The second-order valence-corrected chi connectivity index (χ2v) is 10.3. The van der Waals surface area contributed by atoms with Crippen LogP contribution in [0.25, 0.3) is 0 Å². The zero-order chi connectivity index (χ0) is 23.8. The molecule has 2 saturated heterocycles. The van der Waals surface area contributed by atoms with Crippen molar-refractivity contribution in [2.75, 3.05) is 39.5 Å². The quantitative estimate of drug-likeness (QED) is 0.301. The average Bonchev–Trinajstić information content (AvgIpc) is 3.14. The van der Waals surface area contributed by atoms with Crippen LogP contribution in [-0.4, -0.2) is 73.3 Å². The monoisotopic (exact) mass is 470 g/mol. The number of nitrogens with one attached hydrogen (secondary N) is 3. The minimum absolute atomic E-state index is 0.0205. The van der Waals surface area contributed by atoms with E-state index in [1.54, 1.807) is 0 Å². The number of hydrogen-bond donors (Lipinski definition) is 4. The molecule has 1 unspecified atom stereocenters. The SMILES string of the molecule is CC1(C)C2=C(CN1C(=O)N(N)C1(c3ccccc3)CCOCC1)NC(NC1CCOCC1)NC2. The fourth-order valence-electron chi connectivity index (χ4n) is 5.82. The molecular weight excluding hydrogens is 432 g/mol. The van der Waals surface area contributed by atoms with Crippen molar-refractivity contribution in [3.8, 4) is 0 Å². The van der Waals surface area contributed by atoms with Crippen molar-refractivity contribution in [1.82, 2.24) is 25.9 Å².